The lowest BCUT2D eigenvalue weighted by Crippen LogP contribution is -2.40. The first-order valence-corrected chi connectivity index (χ1v) is 7.26. The third-order valence-electron chi connectivity index (χ3n) is 3.30. The number of halogens is 2. The van der Waals surface area contributed by atoms with Crippen molar-refractivity contribution in [2.75, 3.05) is 0 Å². The van der Waals surface area contributed by atoms with Crippen LogP contribution in [-0.4, -0.2) is 5.91 Å². The molecule has 0 aliphatic heterocycles. The van der Waals surface area contributed by atoms with Crippen LogP contribution in [0.5, 0.6) is 0 Å². The van der Waals surface area contributed by atoms with Crippen LogP contribution in [0.3, 0.4) is 0 Å². The molecule has 0 unspecified atom stereocenters. The van der Waals surface area contributed by atoms with E-state index < -0.39 is 5.54 Å². The molecule has 0 heterocycles. The predicted molar refractivity (Wildman–Crippen MR) is 88.1 cm³/mol. The van der Waals surface area contributed by atoms with Gasteiger partial charge in [-0.05, 0) is 55.3 Å². The summed E-state index contributed by atoms with van der Waals surface area (Å²) in [4.78, 5) is 12.0. The van der Waals surface area contributed by atoms with E-state index in [1.54, 1.807) is 30.3 Å². The zero-order valence-corrected chi connectivity index (χ0v) is 13.2. The first kappa shape index (κ1) is 16.2. The van der Waals surface area contributed by atoms with Crippen molar-refractivity contribution in [3.63, 3.8) is 0 Å². The molecule has 0 spiro atoms. The molecule has 0 aliphatic carbocycles. The van der Waals surface area contributed by atoms with Gasteiger partial charge in [0.2, 0.25) is 5.91 Å². The van der Waals surface area contributed by atoms with E-state index in [1.807, 2.05) is 26.0 Å². The van der Waals surface area contributed by atoms with E-state index >= 15 is 0 Å². The average Bonchev–Trinajstić information content (AvgIpc) is 2.46. The summed E-state index contributed by atoms with van der Waals surface area (Å²) in [5.41, 5.74) is 1.14. The maximum absolute atomic E-state index is 13.0. The minimum Gasteiger partial charge on any atom is -0.344 e. The number of amides is 1. The number of nitrogens with one attached hydrogen (secondary N) is 1. The monoisotopic (exact) mass is 317 g/mol. The topological polar surface area (TPSA) is 29.1 Å². The van der Waals surface area contributed by atoms with Crippen LogP contribution in [0.1, 0.15) is 25.0 Å². The quantitative estimate of drug-likeness (QED) is 0.824. The van der Waals surface area contributed by atoms with Gasteiger partial charge in [0.1, 0.15) is 5.82 Å². The lowest BCUT2D eigenvalue weighted by atomic mass is 9.94. The summed E-state index contributed by atoms with van der Waals surface area (Å²) in [5.74, 6) is -0.516. The van der Waals surface area contributed by atoms with Gasteiger partial charge in [-0.1, -0.05) is 35.9 Å². The van der Waals surface area contributed by atoms with Crippen molar-refractivity contribution in [2.45, 2.75) is 19.4 Å². The normalized spacial score (nSPS) is 11.6. The Labute approximate surface area is 134 Å². The van der Waals surface area contributed by atoms with E-state index in [0.717, 1.165) is 11.1 Å². The second-order valence-electron chi connectivity index (χ2n) is 5.51. The Balaban J connectivity index is 2.04. The molecule has 2 aromatic carbocycles. The summed E-state index contributed by atoms with van der Waals surface area (Å²) >= 11 is 5.81. The van der Waals surface area contributed by atoms with Gasteiger partial charge in [0.05, 0.1) is 5.54 Å². The van der Waals surface area contributed by atoms with Crippen molar-refractivity contribution in [1.82, 2.24) is 5.32 Å². The van der Waals surface area contributed by atoms with Crippen LogP contribution in [-0.2, 0) is 10.3 Å². The van der Waals surface area contributed by atoms with E-state index in [2.05, 4.69) is 5.32 Å². The van der Waals surface area contributed by atoms with Gasteiger partial charge in [-0.2, -0.15) is 0 Å². The average molecular weight is 318 g/mol. The molecule has 2 nitrogen and oxygen atoms in total. The summed E-state index contributed by atoms with van der Waals surface area (Å²) in [6.45, 7) is 3.74. The fourth-order valence-electron chi connectivity index (χ4n) is 2.03. The summed E-state index contributed by atoms with van der Waals surface area (Å²) in [6.07, 6.45) is 3.18. The molecule has 0 bridgehead atoms. The molecule has 0 saturated heterocycles. The number of benzene rings is 2. The summed E-state index contributed by atoms with van der Waals surface area (Å²) in [6, 6.07) is 13.3. The molecule has 0 aromatic heterocycles. The first-order valence-electron chi connectivity index (χ1n) is 6.89. The Hall–Kier alpha value is -2.13. The van der Waals surface area contributed by atoms with Gasteiger partial charge in [-0.3, -0.25) is 4.79 Å². The molecule has 2 aromatic rings. The summed E-state index contributed by atoms with van der Waals surface area (Å²) in [5, 5.41) is 3.55. The van der Waals surface area contributed by atoms with Crippen molar-refractivity contribution >= 4 is 23.6 Å². The minimum atomic E-state index is -0.588. The van der Waals surface area contributed by atoms with Gasteiger partial charge in [-0.25, -0.2) is 4.39 Å². The SMILES string of the molecule is CC(C)(NC(=O)/C=C/c1ccc(Cl)cc1)c1ccc(F)cc1. The largest absolute Gasteiger partial charge is 0.344 e. The van der Waals surface area contributed by atoms with Crippen LogP contribution in [0.15, 0.2) is 54.6 Å². The van der Waals surface area contributed by atoms with Crippen LogP contribution >= 0.6 is 11.6 Å². The number of carbonyl (C=O) groups excluding carboxylic acids is 1. The standard InChI is InChI=1S/C18H17ClFNO/c1-18(2,14-6-10-16(20)11-7-14)21-17(22)12-5-13-3-8-15(19)9-4-13/h3-12H,1-2H3,(H,21,22)/b12-5+. The van der Waals surface area contributed by atoms with E-state index in [0.29, 0.717) is 5.02 Å². The third-order valence-corrected chi connectivity index (χ3v) is 3.55. The number of hydrogen-bond acceptors (Lipinski definition) is 1. The molecule has 0 fully saturated rings. The van der Waals surface area contributed by atoms with Crippen molar-refractivity contribution in [3.05, 3.63) is 76.6 Å². The van der Waals surface area contributed by atoms with Crippen LogP contribution in [0.25, 0.3) is 6.08 Å². The molecule has 114 valence electrons. The molecule has 22 heavy (non-hydrogen) atoms. The van der Waals surface area contributed by atoms with Gasteiger partial charge in [0, 0.05) is 11.1 Å². The highest BCUT2D eigenvalue weighted by atomic mass is 35.5. The van der Waals surface area contributed by atoms with Crippen molar-refractivity contribution in [3.8, 4) is 0 Å². The number of hydrogen-bond donors (Lipinski definition) is 1. The zero-order chi connectivity index (χ0) is 16.2. The maximum Gasteiger partial charge on any atom is 0.244 e. The van der Waals surface area contributed by atoms with Gasteiger partial charge in [0.25, 0.3) is 0 Å². The smallest absolute Gasteiger partial charge is 0.244 e. The molecule has 1 N–H and O–H groups in total. The van der Waals surface area contributed by atoms with Gasteiger partial charge in [-0.15, -0.1) is 0 Å². The molecule has 0 atom stereocenters. The van der Waals surface area contributed by atoms with Gasteiger partial charge < -0.3 is 5.32 Å². The van der Waals surface area contributed by atoms with Crippen LogP contribution < -0.4 is 5.32 Å². The van der Waals surface area contributed by atoms with Gasteiger partial charge in [0.15, 0.2) is 0 Å². The number of carbonyl (C=O) groups is 1. The van der Waals surface area contributed by atoms with E-state index in [4.69, 9.17) is 11.6 Å². The van der Waals surface area contributed by atoms with Gasteiger partial charge >= 0.3 is 0 Å². The summed E-state index contributed by atoms with van der Waals surface area (Å²) < 4.78 is 13.0. The molecule has 4 heteroatoms. The minimum absolute atomic E-state index is 0.218. The maximum atomic E-state index is 13.0. The third kappa shape index (κ3) is 4.43. The van der Waals surface area contributed by atoms with E-state index in [-0.39, 0.29) is 11.7 Å². The Morgan fingerprint density at radius 1 is 1.09 bits per heavy atom. The fraction of sp³-hybridized carbons (Fsp3) is 0.167. The lowest BCUT2D eigenvalue weighted by Gasteiger charge is -2.26. The fourth-order valence-corrected chi connectivity index (χ4v) is 2.16. The first-order chi connectivity index (χ1) is 10.4. The highest BCUT2D eigenvalue weighted by molar-refractivity contribution is 6.30. The molecule has 1 amide bonds. The van der Waals surface area contributed by atoms with E-state index in [1.165, 1.54) is 18.2 Å². The van der Waals surface area contributed by atoms with E-state index in [9.17, 15) is 9.18 Å². The summed E-state index contributed by atoms with van der Waals surface area (Å²) in [7, 11) is 0. The van der Waals surface area contributed by atoms with Crippen LogP contribution in [0.4, 0.5) is 4.39 Å². The molecule has 0 radical (unpaired) electrons. The van der Waals surface area contributed by atoms with Crippen LogP contribution in [0.2, 0.25) is 5.02 Å². The molecular weight excluding hydrogens is 301 g/mol. The number of rotatable bonds is 4. The highest BCUT2D eigenvalue weighted by Gasteiger charge is 2.21. The Morgan fingerprint density at radius 3 is 2.27 bits per heavy atom. The van der Waals surface area contributed by atoms with Crippen molar-refractivity contribution < 1.29 is 9.18 Å². The Kier molecular flexibility index (Phi) is 4.99. The molecule has 2 rings (SSSR count). The molecule has 0 saturated carbocycles. The zero-order valence-electron chi connectivity index (χ0n) is 12.4. The lowest BCUT2D eigenvalue weighted by molar-refractivity contribution is -0.118. The van der Waals surface area contributed by atoms with Crippen molar-refractivity contribution in [1.29, 1.82) is 0 Å². The van der Waals surface area contributed by atoms with Crippen LogP contribution in [0, 0.1) is 5.82 Å². The molecule has 0 aliphatic rings. The predicted octanol–water partition coefficient (Wildman–Crippen LogP) is 4.54. The Morgan fingerprint density at radius 2 is 1.68 bits per heavy atom. The van der Waals surface area contributed by atoms with Crippen molar-refractivity contribution in [2.24, 2.45) is 0 Å². The molecular formula is C18H17ClFNO. The second-order valence-corrected chi connectivity index (χ2v) is 5.94. The Bertz CT molecular complexity index is 675. The highest BCUT2D eigenvalue weighted by Crippen LogP contribution is 2.20. The second kappa shape index (κ2) is 6.75.